The van der Waals surface area contributed by atoms with Crippen molar-refractivity contribution < 1.29 is 0 Å². The second-order valence-electron chi connectivity index (χ2n) is 4.93. The molecule has 0 radical (unpaired) electrons. The van der Waals surface area contributed by atoms with Crippen LogP contribution in [0.5, 0.6) is 0 Å². The Morgan fingerprint density at radius 1 is 1.47 bits per heavy atom. The molecule has 0 saturated carbocycles. The van der Waals surface area contributed by atoms with Crippen molar-refractivity contribution in [3.63, 3.8) is 0 Å². The van der Waals surface area contributed by atoms with Gasteiger partial charge < -0.3 is 15.5 Å². The summed E-state index contributed by atoms with van der Waals surface area (Å²) in [6.45, 7) is 5.64. The lowest BCUT2D eigenvalue weighted by Gasteiger charge is -2.34. The van der Waals surface area contributed by atoms with E-state index in [2.05, 4.69) is 32.0 Å². The molecule has 4 N–H and O–H groups in total. The molecule has 7 heteroatoms. The van der Waals surface area contributed by atoms with Crippen LogP contribution in [0.15, 0.2) is 11.1 Å². The van der Waals surface area contributed by atoms with E-state index < -0.39 is 0 Å². The number of hydrogen-bond donors (Lipinski definition) is 3. The van der Waals surface area contributed by atoms with Crippen LogP contribution in [0.4, 0.5) is 5.82 Å². The molecule has 1 aliphatic rings. The average molecular weight is 263 g/mol. The quantitative estimate of drug-likeness (QED) is 0.540. The van der Waals surface area contributed by atoms with Crippen LogP contribution in [0.2, 0.25) is 0 Å². The summed E-state index contributed by atoms with van der Waals surface area (Å²) in [4.78, 5) is 8.52. The summed E-state index contributed by atoms with van der Waals surface area (Å²) in [7, 11) is 2.09. The van der Waals surface area contributed by atoms with Crippen molar-refractivity contribution in [2.45, 2.75) is 13.3 Å². The van der Waals surface area contributed by atoms with Gasteiger partial charge in [0.1, 0.15) is 11.7 Å². The van der Waals surface area contributed by atoms with Gasteiger partial charge in [-0.05, 0) is 14.0 Å². The van der Waals surface area contributed by atoms with Gasteiger partial charge in [-0.25, -0.2) is 4.99 Å². The van der Waals surface area contributed by atoms with Crippen molar-refractivity contribution in [1.82, 2.24) is 20.0 Å². The summed E-state index contributed by atoms with van der Waals surface area (Å²) < 4.78 is 0. The number of aryl methyl sites for hydroxylation is 1. The third kappa shape index (κ3) is 3.78. The molecule has 0 aromatic carbocycles. The smallest absolute Gasteiger partial charge is 0.175 e. The fraction of sp³-hybridized carbons (Fsp3) is 0.583. The SMILES string of the molecule is Cc1cc(N=C(N)CC(=N)N2CCN(C)CC2)n[nH]1. The van der Waals surface area contributed by atoms with Crippen LogP contribution in [0.25, 0.3) is 0 Å². The zero-order valence-corrected chi connectivity index (χ0v) is 11.5. The third-order valence-corrected chi connectivity index (χ3v) is 3.18. The molecule has 0 unspecified atom stereocenters. The van der Waals surface area contributed by atoms with Crippen LogP contribution in [0.3, 0.4) is 0 Å². The Morgan fingerprint density at radius 3 is 2.74 bits per heavy atom. The maximum absolute atomic E-state index is 8.07. The Kier molecular flexibility index (Phi) is 4.16. The fourth-order valence-corrected chi connectivity index (χ4v) is 2.01. The second-order valence-corrected chi connectivity index (χ2v) is 4.93. The van der Waals surface area contributed by atoms with Gasteiger partial charge in [0.2, 0.25) is 0 Å². The molecule has 104 valence electrons. The largest absolute Gasteiger partial charge is 0.387 e. The van der Waals surface area contributed by atoms with Gasteiger partial charge >= 0.3 is 0 Å². The molecule has 0 spiro atoms. The molecule has 1 saturated heterocycles. The summed E-state index contributed by atoms with van der Waals surface area (Å²) in [6, 6.07) is 1.83. The monoisotopic (exact) mass is 263 g/mol. The number of aliphatic imine (C=N–C) groups is 1. The Balaban J connectivity index is 1.89. The fourth-order valence-electron chi connectivity index (χ4n) is 2.01. The number of likely N-dealkylation sites (N-methyl/N-ethyl adjacent to an activating group) is 1. The number of aromatic nitrogens is 2. The molecule has 2 heterocycles. The highest BCUT2D eigenvalue weighted by Gasteiger charge is 2.17. The molecule has 0 aliphatic carbocycles. The molecular formula is C12H21N7. The van der Waals surface area contributed by atoms with Crippen molar-refractivity contribution in [2.75, 3.05) is 33.2 Å². The van der Waals surface area contributed by atoms with Gasteiger partial charge in [0.25, 0.3) is 0 Å². The van der Waals surface area contributed by atoms with Gasteiger partial charge in [0, 0.05) is 37.9 Å². The average Bonchev–Trinajstić information content (AvgIpc) is 2.75. The second kappa shape index (κ2) is 5.83. The standard InChI is InChI=1S/C12H21N7/c1-9-7-12(17-16-9)15-10(13)8-11(14)19-5-3-18(2)4-6-19/h7,14H,3-6,8H2,1-2H3,(H3,13,15,16,17). The van der Waals surface area contributed by atoms with Crippen molar-refractivity contribution >= 4 is 17.5 Å². The van der Waals surface area contributed by atoms with Crippen LogP contribution >= 0.6 is 0 Å². The number of nitrogens with two attached hydrogens (primary N) is 1. The normalized spacial score (nSPS) is 17.8. The number of nitrogens with zero attached hydrogens (tertiary/aromatic N) is 4. The highest BCUT2D eigenvalue weighted by molar-refractivity contribution is 6.01. The molecule has 0 bridgehead atoms. The topological polar surface area (TPSA) is 97.4 Å². The van der Waals surface area contributed by atoms with E-state index >= 15 is 0 Å². The number of rotatable bonds is 3. The van der Waals surface area contributed by atoms with Crippen molar-refractivity contribution in [1.29, 1.82) is 5.41 Å². The van der Waals surface area contributed by atoms with E-state index in [0.717, 1.165) is 31.9 Å². The molecule has 0 atom stereocenters. The molecule has 1 aromatic heterocycles. The zero-order chi connectivity index (χ0) is 13.8. The van der Waals surface area contributed by atoms with Gasteiger partial charge in [-0.15, -0.1) is 0 Å². The van der Waals surface area contributed by atoms with Crippen LogP contribution in [-0.2, 0) is 0 Å². The summed E-state index contributed by atoms with van der Waals surface area (Å²) in [5, 5.41) is 14.9. The third-order valence-electron chi connectivity index (χ3n) is 3.18. The van der Waals surface area contributed by atoms with Crippen LogP contribution in [0, 0.1) is 12.3 Å². The zero-order valence-electron chi connectivity index (χ0n) is 11.5. The highest BCUT2D eigenvalue weighted by Crippen LogP contribution is 2.09. The predicted molar refractivity (Wildman–Crippen MR) is 76.0 cm³/mol. The summed E-state index contributed by atoms with van der Waals surface area (Å²) in [6.07, 6.45) is 0.371. The Morgan fingerprint density at radius 2 is 2.16 bits per heavy atom. The van der Waals surface area contributed by atoms with E-state index in [0.29, 0.717) is 23.9 Å². The first-order valence-corrected chi connectivity index (χ1v) is 6.40. The van der Waals surface area contributed by atoms with E-state index in [1.54, 1.807) is 0 Å². The van der Waals surface area contributed by atoms with Gasteiger partial charge in [0.05, 0.1) is 6.42 Å². The summed E-state index contributed by atoms with van der Waals surface area (Å²) in [5.74, 6) is 1.53. The molecule has 7 nitrogen and oxygen atoms in total. The number of piperazine rings is 1. The first-order valence-electron chi connectivity index (χ1n) is 6.40. The summed E-state index contributed by atoms with van der Waals surface area (Å²) in [5.41, 5.74) is 6.81. The molecule has 1 aliphatic heterocycles. The minimum absolute atomic E-state index is 0.371. The summed E-state index contributed by atoms with van der Waals surface area (Å²) >= 11 is 0. The number of hydrogen-bond acceptors (Lipinski definition) is 4. The van der Waals surface area contributed by atoms with E-state index in [1.165, 1.54) is 0 Å². The molecule has 0 amide bonds. The highest BCUT2D eigenvalue weighted by atomic mass is 15.3. The number of H-pyrrole nitrogens is 1. The molecule has 1 aromatic rings. The van der Waals surface area contributed by atoms with Gasteiger partial charge in [-0.2, -0.15) is 5.10 Å². The maximum Gasteiger partial charge on any atom is 0.175 e. The minimum Gasteiger partial charge on any atom is -0.387 e. The number of nitrogens with one attached hydrogen (secondary N) is 2. The van der Waals surface area contributed by atoms with E-state index in [9.17, 15) is 0 Å². The van der Waals surface area contributed by atoms with Gasteiger partial charge in [-0.1, -0.05) is 0 Å². The minimum atomic E-state index is 0.371. The van der Waals surface area contributed by atoms with E-state index in [4.69, 9.17) is 11.1 Å². The first kappa shape index (κ1) is 13.5. The van der Waals surface area contributed by atoms with E-state index in [1.807, 2.05) is 13.0 Å². The Labute approximate surface area is 113 Å². The molecule has 2 rings (SSSR count). The van der Waals surface area contributed by atoms with Crippen LogP contribution < -0.4 is 5.73 Å². The number of amidine groups is 2. The lowest BCUT2D eigenvalue weighted by Crippen LogP contribution is -2.47. The Hall–Kier alpha value is -1.89. The number of aromatic amines is 1. The van der Waals surface area contributed by atoms with Crippen LogP contribution in [-0.4, -0.2) is 64.9 Å². The predicted octanol–water partition coefficient (Wildman–Crippen LogP) is 0.322. The molecule has 19 heavy (non-hydrogen) atoms. The lowest BCUT2D eigenvalue weighted by molar-refractivity contribution is 0.213. The van der Waals surface area contributed by atoms with Crippen molar-refractivity contribution in [3.05, 3.63) is 11.8 Å². The lowest BCUT2D eigenvalue weighted by atomic mass is 10.2. The van der Waals surface area contributed by atoms with Crippen LogP contribution in [0.1, 0.15) is 12.1 Å². The van der Waals surface area contributed by atoms with Gasteiger partial charge in [-0.3, -0.25) is 10.5 Å². The molecular weight excluding hydrogens is 242 g/mol. The first-order chi connectivity index (χ1) is 9.04. The van der Waals surface area contributed by atoms with Crippen molar-refractivity contribution in [3.8, 4) is 0 Å². The van der Waals surface area contributed by atoms with Crippen molar-refractivity contribution in [2.24, 2.45) is 10.7 Å². The van der Waals surface area contributed by atoms with E-state index in [-0.39, 0.29) is 0 Å². The maximum atomic E-state index is 8.07. The Bertz CT molecular complexity index is 468. The van der Waals surface area contributed by atoms with Gasteiger partial charge in [0.15, 0.2) is 5.82 Å². The molecule has 1 fully saturated rings.